The molecule has 2 heterocycles. The third kappa shape index (κ3) is 4.69. The predicted octanol–water partition coefficient (Wildman–Crippen LogP) is -2.93. The van der Waals surface area contributed by atoms with Gasteiger partial charge < -0.3 is 44.7 Å². The molecule has 0 saturated carbocycles. The van der Waals surface area contributed by atoms with Crippen molar-refractivity contribution in [1.29, 1.82) is 0 Å². The number of aliphatic hydroxyl groups is 4. The van der Waals surface area contributed by atoms with Crippen LogP contribution in [0.4, 0.5) is 0 Å². The van der Waals surface area contributed by atoms with Gasteiger partial charge in [-0.15, -0.1) is 0 Å². The zero-order valence-corrected chi connectivity index (χ0v) is 16.2. The van der Waals surface area contributed by atoms with E-state index in [0.717, 1.165) is 0 Å². The van der Waals surface area contributed by atoms with E-state index in [0.29, 0.717) is 0 Å². The van der Waals surface area contributed by atoms with Crippen LogP contribution in [0.5, 0.6) is 0 Å². The zero-order valence-electron chi connectivity index (χ0n) is 16.2. The summed E-state index contributed by atoms with van der Waals surface area (Å²) in [5.74, 6) is -0.853. The van der Waals surface area contributed by atoms with Gasteiger partial charge in [0.1, 0.15) is 42.7 Å². The van der Waals surface area contributed by atoms with Crippen LogP contribution in [0.15, 0.2) is 0 Å². The molecule has 162 valence electrons. The number of rotatable bonds is 6. The average Bonchev–Trinajstić information content (AvgIpc) is 2.63. The van der Waals surface area contributed by atoms with Gasteiger partial charge in [-0.05, 0) is 13.8 Å². The molecule has 0 aromatic carbocycles. The van der Waals surface area contributed by atoms with E-state index in [1.165, 1.54) is 21.0 Å². The van der Waals surface area contributed by atoms with Crippen LogP contribution in [0.25, 0.3) is 0 Å². The van der Waals surface area contributed by atoms with E-state index in [-0.39, 0.29) is 0 Å². The highest BCUT2D eigenvalue weighted by atomic mass is 16.7. The molecule has 11 heteroatoms. The Morgan fingerprint density at radius 2 is 1.68 bits per heavy atom. The van der Waals surface area contributed by atoms with Gasteiger partial charge >= 0.3 is 0 Å². The maximum Gasteiger partial charge on any atom is 0.217 e. The molecule has 11 nitrogen and oxygen atoms in total. The lowest BCUT2D eigenvalue weighted by atomic mass is 9.92. The first-order valence-electron chi connectivity index (χ1n) is 9.04. The second-order valence-electron chi connectivity index (χ2n) is 7.10. The minimum Gasteiger partial charge on any atom is -0.394 e. The largest absolute Gasteiger partial charge is 0.394 e. The lowest BCUT2D eigenvalue weighted by molar-refractivity contribution is -0.325. The van der Waals surface area contributed by atoms with Gasteiger partial charge in [0.25, 0.3) is 0 Å². The summed E-state index contributed by atoms with van der Waals surface area (Å²) in [5.41, 5.74) is 0. The molecule has 0 aromatic heterocycles. The quantitative estimate of drug-likeness (QED) is 0.308. The Bertz CT molecular complexity index is 560. The van der Waals surface area contributed by atoms with E-state index in [1.54, 1.807) is 6.92 Å². The first-order valence-corrected chi connectivity index (χ1v) is 9.04. The van der Waals surface area contributed by atoms with Crippen LogP contribution in [0.3, 0.4) is 0 Å². The summed E-state index contributed by atoms with van der Waals surface area (Å²) in [6.45, 7) is 3.64. The number of hydrogen-bond acceptors (Lipinski definition) is 10. The highest BCUT2D eigenvalue weighted by Gasteiger charge is 2.51. The van der Waals surface area contributed by atoms with Crippen LogP contribution < -0.4 is 5.32 Å². The molecule has 28 heavy (non-hydrogen) atoms. The molecule has 2 aliphatic rings. The number of carbonyl (C=O) groups is 2. The second-order valence-corrected chi connectivity index (χ2v) is 7.10. The monoisotopic (exact) mass is 407 g/mol. The lowest BCUT2D eigenvalue weighted by Gasteiger charge is -2.47. The standard InChI is InChI=1S/C17H29NO10/c1-6(20)14-16(25-4)12(23)13(24)17(27-14)28-15-10(18-8(3)21)7(2)26-9(5-19)11(15)22/h7,9-17,19,22-24H,5H2,1-4H3,(H,18,21)/t7-,9?,10-,11-,12?,13?,14+,15?,16-,17+/m0/s1. The predicted molar refractivity (Wildman–Crippen MR) is 92.1 cm³/mol. The normalized spacial score (nSPS) is 44.1. The molecule has 1 amide bonds. The number of hydrogen-bond donors (Lipinski definition) is 5. The first kappa shape index (κ1) is 23.1. The van der Waals surface area contributed by atoms with Gasteiger partial charge in [0.15, 0.2) is 12.1 Å². The number of carbonyl (C=O) groups excluding carboxylic acids is 2. The van der Waals surface area contributed by atoms with E-state index in [1.807, 2.05) is 0 Å². The summed E-state index contributed by atoms with van der Waals surface area (Å²) in [6, 6.07) is -0.834. The fourth-order valence-electron chi connectivity index (χ4n) is 3.58. The van der Waals surface area contributed by atoms with Crippen molar-refractivity contribution in [2.24, 2.45) is 0 Å². The Labute approximate surface area is 162 Å². The Hall–Kier alpha value is -1.18. The van der Waals surface area contributed by atoms with Crippen LogP contribution in [-0.2, 0) is 28.5 Å². The smallest absolute Gasteiger partial charge is 0.217 e. The van der Waals surface area contributed by atoms with Crippen molar-refractivity contribution >= 4 is 11.7 Å². The fourth-order valence-corrected chi connectivity index (χ4v) is 3.58. The van der Waals surface area contributed by atoms with E-state index in [2.05, 4.69) is 5.32 Å². The molecule has 2 fully saturated rings. The van der Waals surface area contributed by atoms with Crippen LogP contribution in [0.1, 0.15) is 20.8 Å². The highest BCUT2D eigenvalue weighted by molar-refractivity contribution is 5.81. The van der Waals surface area contributed by atoms with Gasteiger partial charge in [-0.25, -0.2) is 0 Å². The number of ketones is 1. The van der Waals surface area contributed by atoms with Crippen LogP contribution in [0, 0.1) is 0 Å². The van der Waals surface area contributed by atoms with Crippen molar-refractivity contribution < 1.29 is 49.0 Å². The number of amides is 1. The third-order valence-corrected chi connectivity index (χ3v) is 5.03. The third-order valence-electron chi connectivity index (χ3n) is 5.03. The van der Waals surface area contributed by atoms with Crippen molar-refractivity contribution in [1.82, 2.24) is 5.32 Å². The van der Waals surface area contributed by atoms with Crippen LogP contribution in [0.2, 0.25) is 0 Å². The lowest BCUT2D eigenvalue weighted by Crippen LogP contribution is -2.67. The molecule has 2 saturated heterocycles. The molecule has 2 aliphatic heterocycles. The van der Waals surface area contributed by atoms with Gasteiger partial charge in [-0.3, -0.25) is 9.59 Å². The summed E-state index contributed by atoms with van der Waals surface area (Å²) >= 11 is 0. The molecular weight excluding hydrogens is 378 g/mol. The molecule has 0 bridgehead atoms. The van der Waals surface area contributed by atoms with E-state index >= 15 is 0 Å². The summed E-state index contributed by atoms with van der Waals surface area (Å²) in [6.07, 6.45) is -11.0. The maximum absolute atomic E-state index is 11.9. The Balaban J connectivity index is 2.26. The van der Waals surface area contributed by atoms with Crippen molar-refractivity contribution in [2.45, 2.75) is 81.9 Å². The van der Waals surface area contributed by atoms with Crippen molar-refractivity contribution in [3.63, 3.8) is 0 Å². The average molecular weight is 407 g/mol. The van der Waals surface area contributed by atoms with Crippen molar-refractivity contribution in [2.75, 3.05) is 13.7 Å². The van der Waals surface area contributed by atoms with E-state index in [4.69, 9.17) is 18.9 Å². The Kier molecular flexibility index (Phi) is 7.88. The number of aliphatic hydroxyl groups excluding tert-OH is 4. The fraction of sp³-hybridized carbons (Fsp3) is 0.882. The summed E-state index contributed by atoms with van der Waals surface area (Å²) in [5, 5.41) is 43.2. The van der Waals surface area contributed by atoms with Gasteiger partial charge in [-0.1, -0.05) is 0 Å². The molecule has 0 radical (unpaired) electrons. The van der Waals surface area contributed by atoms with Gasteiger partial charge in [0.2, 0.25) is 5.91 Å². The van der Waals surface area contributed by atoms with Crippen molar-refractivity contribution in [3.8, 4) is 0 Å². The first-order chi connectivity index (χ1) is 13.1. The van der Waals surface area contributed by atoms with Crippen LogP contribution in [-0.4, -0.2) is 107 Å². The molecule has 0 aliphatic carbocycles. The van der Waals surface area contributed by atoms with Crippen LogP contribution >= 0.6 is 0 Å². The van der Waals surface area contributed by atoms with E-state index in [9.17, 15) is 30.0 Å². The maximum atomic E-state index is 11.9. The summed E-state index contributed by atoms with van der Waals surface area (Å²) < 4.78 is 21.8. The minimum atomic E-state index is -1.59. The summed E-state index contributed by atoms with van der Waals surface area (Å²) in [4.78, 5) is 23.4. The molecule has 5 N–H and O–H groups in total. The number of nitrogens with one attached hydrogen (secondary N) is 1. The number of methoxy groups -OCH3 is 1. The van der Waals surface area contributed by atoms with E-state index < -0.39 is 79.5 Å². The molecule has 0 spiro atoms. The Morgan fingerprint density at radius 1 is 1.04 bits per heavy atom. The van der Waals surface area contributed by atoms with Crippen molar-refractivity contribution in [3.05, 3.63) is 0 Å². The van der Waals surface area contributed by atoms with Gasteiger partial charge in [0, 0.05) is 14.0 Å². The molecule has 2 rings (SSSR count). The second kappa shape index (κ2) is 9.55. The zero-order chi connectivity index (χ0) is 21.2. The topological polar surface area (TPSA) is 164 Å². The number of Topliss-reactive ketones (excluding diaryl/α,β-unsaturated/α-hetero) is 1. The number of ether oxygens (including phenoxy) is 4. The molecule has 0 aromatic rings. The van der Waals surface area contributed by atoms with Gasteiger partial charge in [-0.2, -0.15) is 0 Å². The molecule has 10 atom stereocenters. The summed E-state index contributed by atoms with van der Waals surface area (Å²) in [7, 11) is 1.27. The van der Waals surface area contributed by atoms with Gasteiger partial charge in [0.05, 0.1) is 18.8 Å². The Morgan fingerprint density at radius 3 is 2.18 bits per heavy atom. The minimum absolute atomic E-state index is 0.407. The highest BCUT2D eigenvalue weighted by Crippen LogP contribution is 2.30. The SMILES string of the molecule is CO[C@H]1C(O)C(O)[C@@H](OC2[C@@H](O)C(CO)O[C@@H](C)[C@@H]2NC(C)=O)O[C@@H]1C(C)=O. The molecule has 4 unspecified atom stereocenters. The molecular formula is C17H29NO10.